The Bertz CT molecular complexity index is 753. The van der Waals surface area contributed by atoms with Gasteiger partial charge in [-0.25, -0.2) is 0 Å². The number of nitrogens with zero attached hydrogens (tertiary/aromatic N) is 1. The van der Waals surface area contributed by atoms with E-state index in [4.69, 9.17) is 9.47 Å². The van der Waals surface area contributed by atoms with Crippen LogP contribution in [0.4, 0.5) is 0 Å². The minimum atomic E-state index is 0.0938. The number of ether oxygens (including phenoxy) is 2. The van der Waals surface area contributed by atoms with Crippen LogP contribution < -0.4 is 14.8 Å². The van der Waals surface area contributed by atoms with Gasteiger partial charge in [0.2, 0.25) is 5.91 Å². The average molecular weight is 397 g/mol. The molecule has 2 aromatic rings. The topological polar surface area (TPSA) is 50.8 Å². The number of methoxy groups -OCH3 is 2. The summed E-state index contributed by atoms with van der Waals surface area (Å²) in [5, 5.41) is 3.16. The van der Waals surface area contributed by atoms with Crippen molar-refractivity contribution in [1.82, 2.24) is 10.2 Å². The number of hydrogen-bond acceptors (Lipinski definition) is 4. The summed E-state index contributed by atoms with van der Waals surface area (Å²) in [6, 6.07) is 16.3. The SMILES string of the molecule is COc1ccc(CCC(=O)NCC(c2ccc(OC)cc2)N2CCCCC2)cc1. The summed E-state index contributed by atoms with van der Waals surface area (Å²) in [4.78, 5) is 15.0. The fraction of sp³-hybridized carbons (Fsp3) is 0.458. The quantitative estimate of drug-likeness (QED) is 0.697. The van der Waals surface area contributed by atoms with Crippen LogP contribution >= 0.6 is 0 Å². The van der Waals surface area contributed by atoms with Gasteiger partial charge in [0.25, 0.3) is 0 Å². The fourth-order valence-corrected chi connectivity index (χ4v) is 3.86. The molecule has 0 radical (unpaired) electrons. The maximum atomic E-state index is 12.5. The molecular weight excluding hydrogens is 364 g/mol. The molecule has 156 valence electrons. The zero-order valence-corrected chi connectivity index (χ0v) is 17.5. The van der Waals surface area contributed by atoms with E-state index in [1.807, 2.05) is 36.4 Å². The second-order valence-electron chi connectivity index (χ2n) is 7.54. The molecule has 5 heteroatoms. The van der Waals surface area contributed by atoms with E-state index >= 15 is 0 Å². The van der Waals surface area contributed by atoms with E-state index < -0.39 is 0 Å². The maximum absolute atomic E-state index is 12.5. The Morgan fingerprint density at radius 1 is 0.931 bits per heavy atom. The minimum absolute atomic E-state index is 0.0938. The van der Waals surface area contributed by atoms with Gasteiger partial charge in [-0.2, -0.15) is 0 Å². The summed E-state index contributed by atoms with van der Waals surface area (Å²) in [6.07, 6.45) is 4.95. The Kier molecular flexibility index (Phi) is 7.94. The van der Waals surface area contributed by atoms with Crippen LogP contribution in [0, 0.1) is 0 Å². The number of nitrogens with one attached hydrogen (secondary N) is 1. The molecule has 1 heterocycles. The number of amides is 1. The first-order valence-corrected chi connectivity index (χ1v) is 10.5. The van der Waals surface area contributed by atoms with Gasteiger partial charge in [0.1, 0.15) is 11.5 Å². The highest BCUT2D eigenvalue weighted by Crippen LogP contribution is 2.26. The van der Waals surface area contributed by atoms with Gasteiger partial charge in [-0.15, -0.1) is 0 Å². The molecular formula is C24H32N2O3. The Labute approximate surface area is 174 Å². The van der Waals surface area contributed by atoms with Crippen molar-refractivity contribution in [3.05, 3.63) is 59.7 Å². The van der Waals surface area contributed by atoms with E-state index in [0.717, 1.165) is 36.6 Å². The van der Waals surface area contributed by atoms with Crippen LogP contribution in [0.5, 0.6) is 11.5 Å². The maximum Gasteiger partial charge on any atom is 0.220 e. The van der Waals surface area contributed by atoms with Gasteiger partial charge < -0.3 is 14.8 Å². The number of piperidine rings is 1. The molecule has 1 amide bonds. The van der Waals surface area contributed by atoms with Crippen molar-refractivity contribution in [3.8, 4) is 11.5 Å². The molecule has 1 aliphatic rings. The second kappa shape index (κ2) is 10.9. The predicted molar refractivity (Wildman–Crippen MR) is 115 cm³/mol. The van der Waals surface area contributed by atoms with Crippen LogP contribution in [-0.2, 0) is 11.2 Å². The lowest BCUT2D eigenvalue weighted by molar-refractivity contribution is -0.121. The van der Waals surface area contributed by atoms with Crippen molar-refractivity contribution in [3.63, 3.8) is 0 Å². The number of hydrogen-bond donors (Lipinski definition) is 1. The molecule has 1 N–H and O–H groups in total. The van der Waals surface area contributed by atoms with E-state index in [0.29, 0.717) is 13.0 Å². The summed E-state index contributed by atoms with van der Waals surface area (Å²) in [7, 11) is 3.34. The Balaban J connectivity index is 1.56. The van der Waals surface area contributed by atoms with Crippen LogP contribution in [0.3, 0.4) is 0 Å². The number of likely N-dealkylation sites (tertiary alicyclic amines) is 1. The van der Waals surface area contributed by atoms with Gasteiger partial charge in [-0.05, 0) is 67.7 Å². The van der Waals surface area contributed by atoms with E-state index in [1.165, 1.54) is 24.8 Å². The first-order chi connectivity index (χ1) is 14.2. The van der Waals surface area contributed by atoms with E-state index in [9.17, 15) is 4.79 Å². The van der Waals surface area contributed by atoms with Crippen molar-refractivity contribution in [2.75, 3.05) is 33.9 Å². The van der Waals surface area contributed by atoms with Crippen LogP contribution in [0.25, 0.3) is 0 Å². The van der Waals surface area contributed by atoms with E-state index in [-0.39, 0.29) is 11.9 Å². The van der Waals surface area contributed by atoms with Gasteiger partial charge in [-0.1, -0.05) is 30.7 Å². The highest BCUT2D eigenvalue weighted by molar-refractivity contribution is 5.76. The Hall–Kier alpha value is -2.53. The molecule has 1 unspecified atom stereocenters. The van der Waals surface area contributed by atoms with Gasteiger partial charge in [0.15, 0.2) is 0 Å². The molecule has 0 aliphatic carbocycles. The van der Waals surface area contributed by atoms with Crippen LogP contribution in [-0.4, -0.2) is 44.7 Å². The summed E-state index contributed by atoms with van der Waals surface area (Å²) in [5.74, 6) is 1.79. The first-order valence-electron chi connectivity index (χ1n) is 10.5. The normalized spacial score (nSPS) is 15.5. The van der Waals surface area contributed by atoms with E-state index in [1.54, 1.807) is 14.2 Å². The lowest BCUT2D eigenvalue weighted by Crippen LogP contribution is -2.40. The van der Waals surface area contributed by atoms with E-state index in [2.05, 4.69) is 22.3 Å². The molecule has 0 bridgehead atoms. The molecule has 1 aliphatic heterocycles. The van der Waals surface area contributed by atoms with Gasteiger partial charge in [0, 0.05) is 13.0 Å². The van der Waals surface area contributed by atoms with Gasteiger partial charge >= 0.3 is 0 Å². The third-order valence-corrected chi connectivity index (χ3v) is 5.62. The number of carbonyl (C=O) groups is 1. The van der Waals surface area contributed by atoms with Crippen molar-refractivity contribution < 1.29 is 14.3 Å². The number of carbonyl (C=O) groups excluding carboxylic acids is 1. The predicted octanol–water partition coefficient (Wildman–Crippen LogP) is 3.98. The zero-order chi connectivity index (χ0) is 20.5. The highest BCUT2D eigenvalue weighted by atomic mass is 16.5. The Morgan fingerprint density at radius 2 is 1.52 bits per heavy atom. The number of rotatable bonds is 9. The largest absolute Gasteiger partial charge is 0.497 e. The molecule has 3 rings (SSSR count). The van der Waals surface area contributed by atoms with Crippen molar-refractivity contribution in [2.45, 2.75) is 38.1 Å². The molecule has 0 saturated carbocycles. The standard InChI is InChI=1S/C24H32N2O3/c1-28-21-11-6-19(7-12-21)8-15-24(27)25-18-23(26-16-4-3-5-17-26)20-9-13-22(29-2)14-10-20/h6-7,9-14,23H,3-5,8,15-18H2,1-2H3,(H,25,27). The molecule has 1 saturated heterocycles. The lowest BCUT2D eigenvalue weighted by Gasteiger charge is -2.35. The molecule has 0 aromatic heterocycles. The highest BCUT2D eigenvalue weighted by Gasteiger charge is 2.23. The number of aryl methyl sites for hydroxylation is 1. The van der Waals surface area contributed by atoms with Crippen LogP contribution in [0.1, 0.15) is 42.9 Å². The summed E-state index contributed by atoms with van der Waals surface area (Å²) in [5.41, 5.74) is 2.37. The molecule has 29 heavy (non-hydrogen) atoms. The third-order valence-electron chi connectivity index (χ3n) is 5.62. The number of benzene rings is 2. The molecule has 1 atom stereocenters. The fourth-order valence-electron chi connectivity index (χ4n) is 3.86. The summed E-state index contributed by atoms with van der Waals surface area (Å²) in [6.45, 7) is 2.80. The molecule has 2 aromatic carbocycles. The van der Waals surface area contributed by atoms with Crippen molar-refractivity contribution >= 4 is 5.91 Å². The van der Waals surface area contributed by atoms with Crippen molar-refractivity contribution in [1.29, 1.82) is 0 Å². The minimum Gasteiger partial charge on any atom is -0.497 e. The summed E-state index contributed by atoms with van der Waals surface area (Å²) < 4.78 is 10.5. The smallest absolute Gasteiger partial charge is 0.220 e. The second-order valence-corrected chi connectivity index (χ2v) is 7.54. The summed E-state index contributed by atoms with van der Waals surface area (Å²) >= 11 is 0. The average Bonchev–Trinajstić information content (AvgIpc) is 2.79. The van der Waals surface area contributed by atoms with Crippen molar-refractivity contribution in [2.24, 2.45) is 0 Å². The molecule has 0 spiro atoms. The van der Waals surface area contributed by atoms with Crippen LogP contribution in [0.15, 0.2) is 48.5 Å². The first kappa shape index (κ1) is 21.2. The zero-order valence-electron chi connectivity index (χ0n) is 17.5. The van der Waals surface area contributed by atoms with Gasteiger partial charge in [-0.3, -0.25) is 9.69 Å². The monoisotopic (exact) mass is 396 g/mol. The molecule has 1 fully saturated rings. The molecule has 5 nitrogen and oxygen atoms in total. The van der Waals surface area contributed by atoms with Crippen LogP contribution in [0.2, 0.25) is 0 Å². The Morgan fingerprint density at radius 3 is 2.10 bits per heavy atom. The van der Waals surface area contributed by atoms with Gasteiger partial charge in [0.05, 0.1) is 20.3 Å². The third kappa shape index (κ3) is 6.23. The lowest BCUT2D eigenvalue weighted by atomic mass is 10.0.